The van der Waals surface area contributed by atoms with Crippen LogP contribution in [0.5, 0.6) is 0 Å². The summed E-state index contributed by atoms with van der Waals surface area (Å²) < 4.78 is 0. The minimum atomic E-state index is -1.08. The molecule has 1 aromatic rings. The number of carbonyl (C=O) groups excluding carboxylic acids is 1. The predicted molar refractivity (Wildman–Crippen MR) is 129 cm³/mol. The normalized spacial score (nSPS) is 32.5. The van der Waals surface area contributed by atoms with Crippen LogP contribution < -0.4 is 10.7 Å². The van der Waals surface area contributed by atoms with Gasteiger partial charge >= 0.3 is 0 Å². The molecule has 0 heterocycles. The lowest BCUT2D eigenvalue weighted by molar-refractivity contribution is -0.119. The Morgan fingerprint density at radius 1 is 1.03 bits per heavy atom. The van der Waals surface area contributed by atoms with Gasteiger partial charge in [0, 0.05) is 16.7 Å². The predicted octanol–water partition coefficient (Wildman–Crippen LogP) is 4.98. The molecule has 2 atom stereocenters. The van der Waals surface area contributed by atoms with Crippen molar-refractivity contribution in [3.05, 3.63) is 41.5 Å². The van der Waals surface area contributed by atoms with E-state index in [0.29, 0.717) is 29.2 Å². The number of benzene rings is 1. The summed E-state index contributed by atoms with van der Waals surface area (Å²) in [7, 11) is 0. The minimum Gasteiger partial charge on any atom is -0.385 e. The molecule has 0 aliphatic heterocycles. The number of anilines is 1. The van der Waals surface area contributed by atoms with Gasteiger partial charge in [-0.1, -0.05) is 58.4 Å². The van der Waals surface area contributed by atoms with E-state index in [0.717, 1.165) is 30.5 Å². The van der Waals surface area contributed by atoms with Gasteiger partial charge < -0.3 is 10.4 Å². The lowest BCUT2D eigenvalue weighted by atomic mass is 9.49. The van der Waals surface area contributed by atoms with Gasteiger partial charge in [0.25, 0.3) is 0 Å². The fraction of sp³-hybridized carbons (Fsp3) is 0.560. The quantitative estimate of drug-likeness (QED) is 0.448. The molecule has 0 saturated heterocycles. The lowest BCUT2D eigenvalue weighted by Crippen LogP contribution is -2.56. The number of hydrogen-bond acceptors (Lipinski definition) is 4. The number of Topliss-reactive ketones (excluding diaryl/α,β-unsaturated/α-hetero) is 1. The summed E-state index contributed by atoms with van der Waals surface area (Å²) in [6, 6.07) is 9.59. The highest BCUT2D eigenvalue weighted by Gasteiger charge is 2.58. The van der Waals surface area contributed by atoms with Crippen molar-refractivity contribution >= 4 is 34.5 Å². The van der Waals surface area contributed by atoms with Crippen LogP contribution >= 0.6 is 12.2 Å². The van der Waals surface area contributed by atoms with Gasteiger partial charge in [-0.25, -0.2) is 0 Å². The van der Waals surface area contributed by atoms with Gasteiger partial charge in [-0.2, -0.15) is 5.10 Å². The molecule has 0 unspecified atom stereocenters. The Labute approximate surface area is 190 Å². The molecule has 2 bridgehead atoms. The lowest BCUT2D eigenvalue weighted by Gasteiger charge is -2.57. The number of nitrogens with zero attached hydrogens (tertiary/aromatic N) is 1. The maximum Gasteiger partial charge on any atom is 0.208 e. The van der Waals surface area contributed by atoms with E-state index in [2.05, 4.69) is 36.6 Å². The fourth-order valence-corrected chi connectivity index (χ4v) is 6.79. The number of aliphatic hydroxyl groups is 1. The van der Waals surface area contributed by atoms with Gasteiger partial charge in [-0.15, -0.1) is 0 Å². The van der Waals surface area contributed by atoms with E-state index in [1.165, 1.54) is 0 Å². The van der Waals surface area contributed by atoms with Gasteiger partial charge in [0.1, 0.15) is 5.71 Å². The molecule has 0 spiro atoms. The van der Waals surface area contributed by atoms with E-state index < -0.39 is 11.0 Å². The molecule has 1 fully saturated rings. The Morgan fingerprint density at radius 2 is 1.71 bits per heavy atom. The standard InChI is InChI=1S/C25H33N3O2S/c1-22(2)13-24(5)12-16-11-23(3,4)20(19(29)18(16)25(30,14-22)15-24)27-28-21(31)26-17-9-7-6-8-10-17/h6-10,30H,11-15H2,1-5H3,(H2,26,28,31)/t24-,25-/m0/s1. The van der Waals surface area contributed by atoms with Crippen LogP contribution in [0, 0.1) is 16.2 Å². The molecule has 0 radical (unpaired) electrons. The van der Waals surface area contributed by atoms with Crippen LogP contribution in [0.25, 0.3) is 0 Å². The van der Waals surface area contributed by atoms with Crippen molar-refractivity contribution < 1.29 is 9.90 Å². The molecular formula is C25H33N3O2S. The van der Waals surface area contributed by atoms with E-state index >= 15 is 0 Å². The van der Waals surface area contributed by atoms with Gasteiger partial charge in [0.15, 0.2) is 5.11 Å². The summed E-state index contributed by atoms with van der Waals surface area (Å²) in [5.74, 6) is -0.136. The van der Waals surface area contributed by atoms with Gasteiger partial charge in [-0.3, -0.25) is 10.2 Å². The van der Waals surface area contributed by atoms with Crippen molar-refractivity contribution in [3.63, 3.8) is 0 Å². The van der Waals surface area contributed by atoms with E-state index in [9.17, 15) is 9.90 Å². The topological polar surface area (TPSA) is 73.7 Å². The van der Waals surface area contributed by atoms with E-state index in [4.69, 9.17) is 12.2 Å². The Kier molecular flexibility index (Phi) is 5.17. The summed E-state index contributed by atoms with van der Waals surface area (Å²) >= 11 is 5.37. The zero-order valence-corrected chi connectivity index (χ0v) is 19.9. The third-order valence-electron chi connectivity index (χ3n) is 6.89. The molecule has 0 aromatic heterocycles. The average molecular weight is 440 g/mol. The first-order valence-corrected chi connectivity index (χ1v) is 11.4. The number of carbonyl (C=O) groups is 1. The zero-order valence-electron chi connectivity index (χ0n) is 19.1. The summed E-state index contributed by atoms with van der Waals surface area (Å²) in [4.78, 5) is 13.7. The molecule has 4 rings (SSSR count). The summed E-state index contributed by atoms with van der Waals surface area (Å²) in [6.45, 7) is 10.7. The van der Waals surface area contributed by atoms with Crippen LogP contribution in [0.4, 0.5) is 5.69 Å². The van der Waals surface area contributed by atoms with Gasteiger partial charge in [0.05, 0.1) is 5.60 Å². The largest absolute Gasteiger partial charge is 0.385 e. The Morgan fingerprint density at radius 3 is 2.39 bits per heavy atom. The van der Waals surface area contributed by atoms with Crippen LogP contribution in [-0.2, 0) is 4.79 Å². The van der Waals surface area contributed by atoms with E-state index in [1.807, 2.05) is 44.2 Å². The van der Waals surface area contributed by atoms with Crippen molar-refractivity contribution in [2.24, 2.45) is 21.3 Å². The molecular weight excluding hydrogens is 406 g/mol. The minimum absolute atomic E-state index is 0.00967. The molecule has 0 amide bonds. The molecule has 6 heteroatoms. The summed E-state index contributed by atoms with van der Waals surface area (Å²) in [6.07, 6.45) is 3.91. The monoisotopic (exact) mass is 439 g/mol. The molecule has 31 heavy (non-hydrogen) atoms. The Hall–Kier alpha value is -2.05. The second-order valence-corrected chi connectivity index (χ2v) is 11.9. The number of rotatable bonds is 2. The second-order valence-electron chi connectivity index (χ2n) is 11.5. The molecule has 3 aliphatic rings. The summed E-state index contributed by atoms with van der Waals surface area (Å²) in [5.41, 5.74) is 4.36. The highest BCUT2D eigenvalue weighted by molar-refractivity contribution is 7.80. The van der Waals surface area contributed by atoms with Crippen molar-refractivity contribution in [2.75, 3.05) is 5.32 Å². The highest BCUT2D eigenvalue weighted by Crippen LogP contribution is 2.61. The fourth-order valence-electron chi connectivity index (χ4n) is 6.63. The third-order valence-corrected chi connectivity index (χ3v) is 7.09. The Bertz CT molecular complexity index is 995. The van der Waals surface area contributed by atoms with Crippen LogP contribution in [0.2, 0.25) is 0 Å². The summed E-state index contributed by atoms with van der Waals surface area (Å²) in [5, 5.41) is 19.6. The number of allylic oxidation sites excluding steroid dienone is 1. The molecule has 3 N–H and O–H groups in total. The first kappa shape index (κ1) is 22.2. The number of ketones is 1. The van der Waals surface area contributed by atoms with Crippen LogP contribution in [0.15, 0.2) is 46.6 Å². The SMILES string of the molecule is CC1(C)C[C@]2(C)CC3=C(C(=O)C(=NNC(=S)Nc4ccccc4)C(C)(C)C3)[C@](O)(C1)C2. The Balaban J connectivity index is 1.63. The molecule has 1 saturated carbocycles. The average Bonchev–Trinajstić information content (AvgIpc) is 2.57. The van der Waals surface area contributed by atoms with Crippen LogP contribution in [-0.4, -0.2) is 27.3 Å². The number of fused-ring (bicyclic) bond motifs is 3. The number of hydrazone groups is 1. The maximum absolute atomic E-state index is 13.7. The zero-order chi connectivity index (χ0) is 22.7. The number of hydrogen-bond donors (Lipinski definition) is 3. The molecule has 166 valence electrons. The van der Waals surface area contributed by atoms with Crippen LogP contribution in [0.3, 0.4) is 0 Å². The smallest absolute Gasteiger partial charge is 0.208 e. The molecule has 5 nitrogen and oxygen atoms in total. The van der Waals surface area contributed by atoms with Crippen molar-refractivity contribution in [3.8, 4) is 0 Å². The van der Waals surface area contributed by atoms with Crippen molar-refractivity contribution in [1.82, 2.24) is 5.43 Å². The molecule has 3 aliphatic carbocycles. The van der Waals surface area contributed by atoms with Crippen molar-refractivity contribution in [1.29, 1.82) is 0 Å². The second kappa shape index (κ2) is 7.24. The molecule has 1 aromatic carbocycles. The number of nitrogens with one attached hydrogen (secondary N) is 2. The van der Waals surface area contributed by atoms with E-state index in [-0.39, 0.29) is 16.6 Å². The highest BCUT2D eigenvalue weighted by atomic mass is 32.1. The van der Waals surface area contributed by atoms with Crippen LogP contribution in [0.1, 0.15) is 66.7 Å². The number of para-hydroxylation sites is 1. The number of thiocarbonyl (C=S) groups is 1. The van der Waals surface area contributed by atoms with Gasteiger partial charge in [0.2, 0.25) is 5.78 Å². The first-order chi connectivity index (χ1) is 14.3. The van der Waals surface area contributed by atoms with Crippen molar-refractivity contribution in [2.45, 2.75) is 72.3 Å². The van der Waals surface area contributed by atoms with Gasteiger partial charge in [-0.05, 0) is 67.3 Å². The third kappa shape index (κ3) is 4.20. The maximum atomic E-state index is 13.7. The van der Waals surface area contributed by atoms with E-state index in [1.54, 1.807) is 0 Å². The first-order valence-electron chi connectivity index (χ1n) is 11.0.